The molecule has 1 heterocycles. The van der Waals surface area contributed by atoms with Crippen LogP contribution >= 0.6 is 0 Å². The molecule has 0 aromatic heterocycles. The summed E-state index contributed by atoms with van der Waals surface area (Å²) in [6.45, 7) is -0.419. The Morgan fingerprint density at radius 1 is 1.24 bits per heavy atom. The SMILES string of the molecule is COc1ccc(C(=O)Nc2ccc3c(c2)B(O)CC3)cc1. The molecule has 0 atom stereocenters. The zero-order valence-electron chi connectivity index (χ0n) is 11.8. The normalized spacial score (nSPS) is 13.0. The Labute approximate surface area is 123 Å². The molecule has 2 aromatic carbocycles. The first-order valence-electron chi connectivity index (χ1n) is 6.93. The summed E-state index contributed by atoms with van der Waals surface area (Å²) in [6, 6.07) is 12.6. The number of ether oxygens (including phenoxy) is 1. The standard InChI is InChI=1S/C16H16BNO3/c1-21-14-6-3-12(4-7-14)16(19)18-13-5-2-11-8-9-17(20)15(11)10-13/h2-7,10,20H,8-9H2,1H3,(H,18,19). The lowest BCUT2D eigenvalue weighted by atomic mass is 9.63. The van der Waals surface area contributed by atoms with Crippen molar-refractivity contribution in [2.75, 3.05) is 12.4 Å². The number of amides is 1. The van der Waals surface area contributed by atoms with Crippen LogP contribution in [0.25, 0.3) is 0 Å². The van der Waals surface area contributed by atoms with Gasteiger partial charge in [0.1, 0.15) is 5.75 Å². The predicted octanol–water partition coefficient (Wildman–Crippen LogP) is 1.69. The number of benzene rings is 2. The van der Waals surface area contributed by atoms with Crippen LogP contribution in [0.2, 0.25) is 6.32 Å². The van der Waals surface area contributed by atoms with Crippen LogP contribution in [0.5, 0.6) is 5.75 Å². The lowest BCUT2D eigenvalue weighted by Gasteiger charge is -2.09. The maximum Gasteiger partial charge on any atom is 0.324 e. The molecule has 1 aliphatic heterocycles. The van der Waals surface area contributed by atoms with E-state index >= 15 is 0 Å². The van der Waals surface area contributed by atoms with Crippen LogP contribution in [-0.2, 0) is 6.42 Å². The summed E-state index contributed by atoms with van der Waals surface area (Å²) in [5.41, 5.74) is 3.35. The molecule has 0 spiro atoms. The Balaban J connectivity index is 1.76. The van der Waals surface area contributed by atoms with Gasteiger partial charge in [0.15, 0.2) is 0 Å². The molecule has 0 unspecified atom stereocenters. The van der Waals surface area contributed by atoms with Crippen LogP contribution in [0.4, 0.5) is 5.69 Å². The molecule has 3 rings (SSSR count). The van der Waals surface area contributed by atoms with Gasteiger partial charge < -0.3 is 15.1 Å². The second-order valence-corrected chi connectivity index (χ2v) is 5.15. The van der Waals surface area contributed by atoms with E-state index in [0.29, 0.717) is 17.0 Å². The lowest BCUT2D eigenvalue weighted by molar-refractivity contribution is 0.102. The van der Waals surface area contributed by atoms with Gasteiger partial charge >= 0.3 is 6.92 Å². The zero-order valence-corrected chi connectivity index (χ0v) is 11.8. The second kappa shape index (κ2) is 5.62. The monoisotopic (exact) mass is 281 g/mol. The van der Waals surface area contributed by atoms with Gasteiger partial charge in [-0.1, -0.05) is 11.6 Å². The van der Waals surface area contributed by atoms with Crippen LogP contribution in [0, 0.1) is 0 Å². The summed E-state index contributed by atoms with van der Waals surface area (Å²) < 4.78 is 5.07. The number of rotatable bonds is 3. The van der Waals surface area contributed by atoms with Crippen LogP contribution in [-0.4, -0.2) is 25.0 Å². The maximum atomic E-state index is 12.2. The molecule has 1 amide bonds. The largest absolute Gasteiger partial charge is 0.497 e. The molecule has 0 saturated heterocycles. The van der Waals surface area contributed by atoms with E-state index in [1.807, 2.05) is 18.2 Å². The molecule has 1 aliphatic rings. The van der Waals surface area contributed by atoms with Gasteiger partial charge in [-0.2, -0.15) is 0 Å². The summed E-state index contributed by atoms with van der Waals surface area (Å²) >= 11 is 0. The highest BCUT2D eigenvalue weighted by atomic mass is 16.5. The molecule has 21 heavy (non-hydrogen) atoms. The Hall–Kier alpha value is -2.27. The highest BCUT2D eigenvalue weighted by Crippen LogP contribution is 2.18. The van der Waals surface area contributed by atoms with Crippen LogP contribution in [0.1, 0.15) is 15.9 Å². The highest BCUT2D eigenvalue weighted by molar-refractivity contribution is 6.68. The van der Waals surface area contributed by atoms with Gasteiger partial charge in [-0.05, 0) is 54.6 Å². The number of hydrogen-bond acceptors (Lipinski definition) is 3. The first-order valence-corrected chi connectivity index (χ1v) is 6.93. The number of carbonyl (C=O) groups excluding carboxylic acids is 1. The van der Waals surface area contributed by atoms with E-state index in [1.54, 1.807) is 31.4 Å². The van der Waals surface area contributed by atoms with Crippen molar-refractivity contribution < 1.29 is 14.6 Å². The Bertz CT molecular complexity index is 670. The molecular weight excluding hydrogens is 265 g/mol. The van der Waals surface area contributed by atoms with Gasteiger partial charge in [-0.3, -0.25) is 4.79 Å². The quantitative estimate of drug-likeness (QED) is 0.842. The molecule has 0 fully saturated rings. The maximum absolute atomic E-state index is 12.2. The Morgan fingerprint density at radius 3 is 2.71 bits per heavy atom. The second-order valence-electron chi connectivity index (χ2n) is 5.15. The third-order valence-electron chi connectivity index (χ3n) is 3.80. The highest BCUT2D eigenvalue weighted by Gasteiger charge is 2.24. The van der Waals surface area contributed by atoms with Crippen molar-refractivity contribution in [3.8, 4) is 5.75 Å². The van der Waals surface area contributed by atoms with Crippen LogP contribution in [0.3, 0.4) is 0 Å². The average Bonchev–Trinajstić information content (AvgIpc) is 2.88. The average molecular weight is 281 g/mol. The lowest BCUT2D eigenvalue weighted by Crippen LogP contribution is -2.26. The van der Waals surface area contributed by atoms with Gasteiger partial charge in [-0.25, -0.2) is 0 Å². The van der Waals surface area contributed by atoms with Crippen molar-refractivity contribution in [3.63, 3.8) is 0 Å². The topological polar surface area (TPSA) is 58.6 Å². The molecule has 2 aromatic rings. The van der Waals surface area contributed by atoms with Crippen molar-refractivity contribution in [1.29, 1.82) is 0 Å². The van der Waals surface area contributed by atoms with Gasteiger partial charge in [0, 0.05) is 11.3 Å². The summed E-state index contributed by atoms with van der Waals surface area (Å²) in [5, 5.41) is 12.7. The number of hydrogen-bond donors (Lipinski definition) is 2. The number of fused-ring (bicyclic) bond motifs is 1. The van der Waals surface area contributed by atoms with Crippen molar-refractivity contribution in [2.45, 2.75) is 12.7 Å². The molecule has 0 radical (unpaired) electrons. The minimum absolute atomic E-state index is 0.176. The van der Waals surface area contributed by atoms with Crippen molar-refractivity contribution >= 4 is 24.0 Å². The van der Waals surface area contributed by atoms with Crippen molar-refractivity contribution in [1.82, 2.24) is 0 Å². The molecule has 4 nitrogen and oxygen atoms in total. The minimum Gasteiger partial charge on any atom is -0.497 e. The molecular formula is C16H16BNO3. The van der Waals surface area contributed by atoms with Crippen molar-refractivity contribution in [2.24, 2.45) is 0 Å². The van der Waals surface area contributed by atoms with Crippen LogP contribution in [0.15, 0.2) is 42.5 Å². The predicted molar refractivity (Wildman–Crippen MR) is 83.5 cm³/mol. The smallest absolute Gasteiger partial charge is 0.324 e. The number of anilines is 1. The third-order valence-corrected chi connectivity index (χ3v) is 3.80. The van der Waals surface area contributed by atoms with Gasteiger partial charge in [-0.15, -0.1) is 0 Å². The number of methoxy groups -OCH3 is 1. The van der Waals surface area contributed by atoms with E-state index < -0.39 is 6.92 Å². The minimum atomic E-state index is -0.419. The fraction of sp³-hybridized carbons (Fsp3) is 0.188. The first kappa shape index (κ1) is 13.7. The Morgan fingerprint density at radius 2 is 2.00 bits per heavy atom. The summed E-state index contributed by atoms with van der Waals surface area (Å²) in [6.07, 6.45) is 1.65. The van der Waals surface area contributed by atoms with E-state index in [2.05, 4.69) is 5.32 Å². The van der Waals surface area contributed by atoms with E-state index in [4.69, 9.17) is 4.74 Å². The van der Waals surface area contributed by atoms with E-state index in [0.717, 1.165) is 23.8 Å². The molecule has 5 heteroatoms. The van der Waals surface area contributed by atoms with Crippen LogP contribution < -0.4 is 15.5 Å². The summed E-state index contributed by atoms with van der Waals surface area (Å²) in [5.74, 6) is 0.539. The first-order chi connectivity index (χ1) is 10.2. The zero-order chi connectivity index (χ0) is 14.8. The Kier molecular flexibility index (Phi) is 3.67. The summed E-state index contributed by atoms with van der Waals surface area (Å²) in [7, 11) is 1.59. The van der Waals surface area contributed by atoms with Gasteiger partial charge in [0.2, 0.25) is 0 Å². The number of nitrogens with one attached hydrogen (secondary N) is 1. The van der Waals surface area contributed by atoms with Gasteiger partial charge in [0.25, 0.3) is 5.91 Å². The molecule has 0 aliphatic carbocycles. The van der Waals surface area contributed by atoms with E-state index in [-0.39, 0.29) is 5.91 Å². The molecule has 0 saturated carbocycles. The van der Waals surface area contributed by atoms with E-state index in [1.165, 1.54) is 0 Å². The molecule has 2 N–H and O–H groups in total. The fourth-order valence-corrected chi connectivity index (χ4v) is 2.60. The van der Waals surface area contributed by atoms with E-state index in [9.17, 15) is 9.82 Å². The third kappa shape index (κ3) is 2.78. The molecule has 106 valence electrons. The summed E-state index contributed by atoms with van der Waals surface area (Å²) in [4.78, 5) is 12.2. The van der Waals surface area contributed by atoms with Gasteiger partial charge in [0.05, 0.1) is 7.11 Å². The fourth-order valence-electron chi connectivity index (χ4n) is 2.60. The number of aryl methyl sites for hydroxylation is 1. The molecule has 0 bridgehead atoms. The van der Waals surface area contributed by atoms with Crippen molar-refractivity contribution in [3.05, 3.63) is 53.6 Å². The number of carbonyl (C=O) groups is 1.